The number of likely N-dealkylation sites (tertiary alicyclic amines) is 1. The molecular formula is C28H35FN2O3. The summed E-state index contributed by atoms with van der Waals surface area (Å²) < 4.78 is 24.9. The molecular weight excluding hydrogens is 431 g/mol. The van der Waals surface area contributed by atoms with Crippen molar-refractivity contribution in [3.8, 4) is 11.5 Å². The van der Waals surface area contributed by atoms with E-state index < -0.39 is 0 Å². The summed E-state index contributed by atoms with van der Waals surface area (Å²) >= 11 is 0. The minimum atomic E-state index is -0.296. The van der Waals surface area contributed by atoms with E-state index in [-0.39, 0.29) is 11.7 Å². The van der Waals surface area contributed by atoms with Gasteiger partial charge in [-0.05, 0) is 87.0 Å². The molecule has 0 spiro atoms. The standard InChI is InChI=1S/C28H35FN2O3/c1-4-31-16-12-22-6-8-24(19-26(22)28(31)32)34-17-5-13-30-14-10-21(11-15-30)20(2)25-9-7-23(29)18-27(25)33-3/h6-9,18-19,21H,2,4-5,10-17H2,1,3H3. The van der Waals surface area contributed by atoms with E-state index in [4.69, 9.17) is 9.47 Å². The SMILES string of the molecule is C=C(c1ccc(F)cc1OC)C1CCN(CCCOc2ccc3c(c2)C(=O)N(CC)CC3)CC1. The van der Waals surface area contributed by atoms with Crippen LogP contribution in [0.2, 0.25) is 0 Å². The van der Waals surface area contributed by atoms with Gasteiger partial charge in [0.15, 0.2) is 0 Å². The van der Waals surface area contributed by atoms with Crippen LogP contribution in [0.5, 0.6) is 11.5 Å². The lowest BCUT2D eigenvalue weighted by atomic mass is 9.85. The first kappa shape index (κ1) is 24.3. The first-order valence-corrected chi connectivity index (χ1v) is 12.3. The number of halogens is 1. The molecule has 1 saturated heterocycles. The van der Waals surface area contributed by atoms with Gasteiger partial charge in [0, 0.05) is 36.8 Å². The minimum Gasteiger partial charge on any atom is -0.496 e. The van der Waals surface area contributed by atoms with Crippen LogP contribution in [0.4, 0.5) is 4.39 Å². The highest BCUT2D eigenvalue weighted by Gasteiger charge is 2.25. The molecule has 34 heavy (non-hydrogen) atoms. The molecule has 1 fully saturated rings. The van der Waals surface area contributed by atoms with Gasteiger partial charge in [-0.15, -0.1) is 0 Å². The number of piperidine rings is 1. The highest BCUT2D eigenvalue weighted by molar-refractivity contribution is 5.97. The van der Waals surface area contributed by atoms with Gasteiger partial charge in [0.25, 0.3) is 5.91 Å². The third-order valence-corrected chi connectivity index (χ3v) is 7.11. The van der Waals surface area contributed by atoms with Crippen molar-refractivity contribution in [2.45, 2.75) is 32.6 Å². The van der Waals surface area contributed by atoms with Crippen molar-refractivity contribution in [1.29, 1.82) is 0 Å². The van der Waals surface area contributed by atoms with Gasteiger partial charge in [-0.25, -0.2) is 4.39 Å². The molecule has 182 valence electrons. The maximum atomic E-state index is 13.5. The van der Waals surface area contributed by atoms with Crippen molar-refractivity contribution >= 4 is 11.5 Å². The Morgan fingerprint density at radius 2 is 1.94 bits per heavy atom. The Labute approximate surface area is 202 Å². The molecule has 2 aliphatic rings. The summed E-state index contributed by atoms with van der Waals surface area (Å²) in [6.07, 6.45) is 3.90. The summed E-state index contributed by atoms with van der Waals surface area (Å²) in [4.78, 5) is 16.9. The number of carbonyl (C=O) groups excluding carboxylic acids is 1. The van der Waals surface area contributed by atoms with Crippen molar-refractivity contribution < 1.29 is 18.7 Å². The molecule has 0 bridgehead atoms. The number of amides is 1. The fourth-order valence-corrected chi connectivity index (χ4v) is 5.02. The molecule has 2 aromatic carbocycles. The van der Waals surface area contributed by atoms with Crippen LogP contribution in [0.3, 0.4) is 0 Å². The van der Waals surface area contributed by atoms with E-state index in [2.05, 4.69) is 11.5 Å². The summed E-state index contributed by atoms with van der Waals surface area (Å²) in [6.45, 7) is 11.5. The Bertz CT molecular complexity index is 1030. The molecule has 0 aromatic heterocycles. The van der Waals surface area contributed by atoms with Gasteiger partial charge in [0.2, 0.25) is 0 Å². The van der Waals surface area contributed by atoms with Gasteiger partial charge in [0.05, 0.1) is 13.7 Å². The predicted molar refractivity (Wildman–Crippen MR) is 133 cm³/mol. The molecule has 0 radical (unpaired) electrons. The second kappa shape index (κ2) is 11.0. The molecule has 0 unspecified atom stereocenters. The molecule has 2 heterocycles. The quantitative estimate of drug-likeness (QED) is 0.485. The first-order valence-electron chi connectivity index (χ1n) is 12.3. The molecule has 0 atom stereocenters. The first-order chi connectivity index (χ1) is 16.5. The third-order valence-electron chi connectivity index (χ3n) is 7.11. The minimum absolute atomic E-state index is 0.108. The van der Waals surface area contributed by atoms with E-state index in [1.54, 1.807) is 13.2 Å². The molecule has 5 nitrogen and oxygen atoms in total. The van der Waals surface area contributed by atoms with Crippen LogP contribution in [0.25, 0.3) is 5.57 Å². The van der Waals surface area contributed by atoms with E-state index in [1.165, 1.54) is 12.1 Å². The molecule has 6 heteroatoms. The van der Waals surface area contributed by atoms with Crippen molar-refractivity contribution in [1.82, 2.24) is 9.80 Å². The van der Waals surface area contributed by atoms with Gasteiger partial charge >= 0.3 is 0 Å². The fourth-order valence-electron chi connectivity index (χ4n) is 5.02. The molecule has 4 rings (SSSR count). The second-order valence-electron chi connectivity index (χ2n) is 9.14. The Kier molecular flexibility index (Phi) is 7.88. The summed E-state index contributed by atoms with van der Waals surface area (Å²) in [5.41, 5.74) is 3.83. The zero-order chi connectivity index (χ0) is 24.1. The molecule has 0 saturated carbocycles. The second-order valence-corrected chi connectivity index (χ2v) is 9.14. The van der Waals surface area contributed by atoms with Crippen LogP contribution in [0.15, 0.2) is 43.0 Å². The number of methoxy groups -OCH3 is 1. The Morgan fingerprint density at radius 1 is 1.15 bits per heavy atom. The maximum absolute atomic E-state index is 13.5. The number of hydrogen-bond acceptors (Lipinski definition) is 4. The summed E-state index contributed by atoms with van der Waals surface area (Å²) in [7, 11) is 1.57. The predicted octanol–water partition coefficient (Wildman–Crippen LogP) is 5.05. The van der Waals surface area contributed by atoms with E-state index in [1.807, 2.05) is 30.0 Å². The normalized spacial score (nSPS) is 16.9. The summed E-state index contributed by atoms with van der Waals surface area (Å²) in [6, 6.07) is 10.6. The number of ether oxygens (including phenoxy) is 2. The number of nitrogens with zero attached hydrogens (tertiary/aromatic N) is 2. The zero-order valence-corrected chi connectivity index (χ0v) is 20.3. The molecule has 0 aliphatic carbocycles. The maximum Gasteiger partial charge on any atom is 0.254 e. The van der Waals surface area contributed by atoms with Gasteiger partial charge in [-0.1, -0.05) is 12.6 Å². The van der Waals surface area contributed by atoms with Crippen LogP contribution >= 0.6 is 0 Å². The number of carbonyl (C=O) groups is 1. The highest BCUT2D eigenvalue weighted by Crippen LogP contribution is 2.35. The monoisotopic (exact) mass is 466 g/mol. The number of benzene rings is 2. The van der Waals surface area contributed by atoms with Gasteiger partial charge in [0.1, 0.15) is 17.3 Å². The molecule has 2 aliphatic heterocycles. The molecule has 0 N–H and O–H groups in total. The fraction of sp³-hybridized carbons (Fsp3) is 0.464. The highest BCUT2D eigenvalue weighted by atomic mass is 19.1. The van der Waals surface area contributed by atoms with Crippen LogP contribution in [0.1, 0.15) is 47.7 Å². The van der Waals surface area contributed by atoms with Gasteiger partial charge in [-0.3, -0.25) is 4.79 Å². The smallest absolute Gasteiger partial charge is 0.254 e. The number of rotatable bonds is 9. The Morgan fingerprint density at radius 3 is 2.68 bits per heavy atom. The van der Waals surface area contributed by atoms with E-state index in [0.717, 1.165) is 86.4 Å². The van der Waals surface area contributed by atoms with Crippen molar-refractivity contribution in [2.75, 3.05) is 46.4 Å². The molecule has 1 amide bonds. The lowest BCUT2D eigenvalue weighted by Gasteiger charge is -2.33. The van der Waals surface area contributed by atoms with E-state index >= 15 is 0 Å². The average Bonchev–Trinajstić information content (AvgIpc) is 2.87. The largest absolute Gasteiger partial charge is 0.496 e. The third kappa shape index (κ3) is 5.44. The van der Waals surface area contributed by atoms with Crippen LogP contribution in [-0.4, -0.2) is 62.1 Å². The van der Waals surface area contributed by atoms with Crippen LogP contribution in [-0.2, 0) is 6.42 Å². The number of hydrogen-bond donors (Lipinski definition) is 0. The topological polar surface area (TPSA) is 42.0 Å². The average molecular weight is 467 g/mol. The lowest BCUT2D eigenvalue weighted by molar-refractivity contribution is 0.0748. The van der Waals surface area contributed by atoms with Gasteiger partial charge < -0.3 is 19.3 Å². The summed E-state index contributed by atoms with van der Waals surface area (Å²) in [5, 5.41) is 0. The van der Waals surface area contributed by atoms with Crippen LogP contribution < -0.4 is 9.47 Å². The summed E-state index contributed by atoms with van der Waals surface area (Å²) in [5.74, 6) is 1.51. The number of allylic oxidation sites excluding steroid dienone is 1. The van der Waals surface area contributed by atoms with Crippen molar-refractivity contribution in [3.63, 3.8) is 0 Å². The Hall–Kier alpha value is -2.86. The molecule has 2 aromatic rings. The van der Waals surface area contributed by atoms with Gasteiger partial charge in [-0.2, -0.15) is 0 Å². The Balaban J connectivity index is 1.22. The zero-order valence-electron chi connectivity index (χ0n) is 20.3. The van der Waals surface area contributed by atoms with Crippen molar-refractivity contribution in [2.24, 2.45) is 5.92 Å². The number of likely N-dealkylation sites (N-methyl/N-ethyl adjacent to an activating group) is 1. The van der Waals surface area contributed by atoms with E-state index in [9.17, 15) is 9.18 Å². The lowest BCUT2D eigenvalue weighted by Crippen LogP contribution is -2.37. The number of fused-ring (bicyclic) bond motifs is 1. The van der Waals surface area contributed by atoms with Crippen molar-refractivity contribution in [3.05, 3.63) is 65.5 Å². The van der Waals surface area contributed by atoms with Crippen LogP contribution in [0, 0.1) is 11.7 Å². The van der Waals surface area contributed by atoms with E-state index in [0.29, 0.717) is 18.3 Å².